The highest BCUT2D eigenvalue weighted by Gasteiger charge is 2.17. The van der Waals surface area contributed by atoms with Crippen molar-refractivity contribution in [3.63, 3.8) is 0 Å². The standard InChI is InChI=1S/C18H25N3O2S/c1-6-24-16-9-7-15(8-10-16)12(2)19-18(22)21(5)11-17-13(3)20-23-14(17)4/h7-10,12H,6,11H2,1-5H3,(H,19,22). The second kappa shape index (κ2) is 8.24. The van der Waals surface area contributed by atoms with E-state index in [4.69, 9.17) is 4.52 Å². The largest absolute Gasteiger partial charge is 0.361 e. The van der Waals surface area contributed by atoms with Crippen molar-refractivity contribution in [3.05, 3.63) is 46.8 Å². The Morgan fingerprint density at radius 1 is 1.33 bits per heavy atom. The molecule has 2 aromatic rings. The van der Waals surface area contributed by atoms with Crippen molar-refractivity contribution in [2.24, 2.45) is 0 Å². The molecule has 2 rings (SSSR count). The molecule has 2 amide bonds. The maximum Gasteiger partial charge on any atom is 0.317 e. The topological polar surface area (TPSA) is 58.4 Å². The number of amides is 2. The Labute approximate surface area is 147 Å². The van der Waals surface area contributed by atoms with Gasteiger partial charge in [0.25, 0.3) is 0 Å². The summed E-state index contributed by atoms with van der Waals surface area (Å²) in [6, 6.07) is 8.16. The number of rotatable bonds is 6. The van der Waals surface area contributed by atoms with Gasteiger partial charge in [-0.15, -0.1) is 11.8 Å². The van der Waals surface area contributed by atoms with Crippen LogP contribution in [0.4, 0.5) is 4.79 Å². The summed E-state index contributed by atoms with van der Waals surface area (Å²) in [5.74, 6) is 1.81. The highest BCUT2D eigenvalue weighted by Crippen LogP contribution is 2.21. The number of hydrogen-bond acceptors (Lipinski definition) is 4. The number of nitrogens with zero attached hydrogens (tertiary/aromatic N) is 2. The molecule has 0 radical (unpaired) electrons. The summed E-state index contributed by atoms with van der Waals surface area (Å²) in [4.78, 5) is 15.3. The van der Waals surface area contributed by atoms with Crippen molar-refractivity contribution in [1.29, 1.82) is 0 Å². The van der Waals surface area contributed by atoms with Gasteiger partial charge in [-0.3, -0.25) is 0 Å². The molecule has 0 aliphatic carbocycles. The van der Waals surface area contributed by atoms with E-state index in [1.165, 1.54) is 4.90 Å². The van der Waals surface area contributed by atoms with Gasteiger partial charge in [0.2, 0.25) is 0 Å². The minimum Gasteiger partial charge on any atom is -0.361 e. The zero-order chi connectivity index (χ0) is 17.7. The van der Waals surface area contributed by atoms with E-state index in [2.05, 4.69) is 41.7 Å². The molecule has 24 heavy (non-hydrogen) atoms. The molecule has 1 heterocycles. The van der Waals surface area contributed by atoms with Gasteiger partial charge in [0.15, 0.2) is 0 Å². The zero-order valence-corrected chi connectivity index (χ0v) is 15.7. The Kier molecular flexibility index (Phi) is 6.31. The molecule has 5 nitrogen and oxygen atoms in total. The molecule has 1 atom stereocenters. The quantitative estimate of drug-likeness (QED) is 0.791. The van der Waals surface area contributed by atoms with E-state index in [1.807, 2.05) is 32.5 Å². The van der Waals surface area contributed by atoms with Crippen molar-refractivity contribution in [2.75, 3.05) is 12.8 Å². The van der Waals surface area contributed by atoms with Crippen molar-refractivity contribution < 1.29 is 9.32 Å². The Morgan fingerprint density at radius 2 is 2.00 bits per heavy atom. The lowest BCUT2D eigenvalue weighted by Gasteiger charge is -2.21. The summed E-state index contributed by atoms with van der Waals surface area (Å²) in [6.45, 7) is 8.35. The lowest BCUT2D eigenvalue weighted by Crippen LogP contribution is -2.38. The zero-order valence-electron chi connectivity index (χ0n) is 14.9. The predicted octanol–water partition coefficient (Wildman–Crippen LogP) is 4.31. The first-order valence-corrected chi connectivity index (χ1v) is 9.07. The number of hydrogen-bond donors (Lipinski definition) is 1. The van der Waals surface area contributed by atoms with E-state index in [0.717, 1.165) is 28.3 Å². The van der Waals surface area contributed by atoms with Gasteiger partial charge >= 0.3 is 6.03 Å². The molecular weight excluding hydrogens is 322 g/mol. The summed E-state index contributed by atoms with van der Waals surface area (Å²) >= 11 is 1.81. The van der Waals surface area contributed by atoms with Crippen LogP contribution in [0.25, 0.3) is 0 Å². The number of nitrogens with one attached hydrogen (secondary N) is 1. The van der Waals surface area contributed by atoms with Crippen LogP contribution >= 0.6 is 11.8 Å². The van der Waals surface area contributed by atoms with Crippen LogP contribution in [0.1, 0.15) is 42.5 Å². The SMILES string of the molecule is CCSc1ccc(C(C)NC(=O)N(C)Cc2c(C)noc2C)cc1. The number of thioether (sulfide) groups is 1. The summed E-state index contributed by atoms with van der Waals surface area (Å²) in [5, 5.41) is 6.95. The van der Waals surface area contributed by atoms with Crippen LogP contribution in [-0.2, 0) is 6.54 Å². The van der Waals surface area contributed by atoms with Crippen molar-refractivity contribution in [3.8, 4) is 0 Å². The van der Waals surface area contributed by atoms with Gasteiger partial charge in [0, 0.05) is 17.5 Å². The van der Waals surface area contributed by atoms with Gasteiger partial charge in [0.05, 0.1) is 18.3 Å². The number of urea groups is 1. The van der Waals surface area contributed by atoms with Crippen LogP contribution in [0, 0.1) is 13.8 Å². The van der Waals surface area contributed by atoms with Gasteiger partial charge in [0.1, 0.15) is 5.76 Å². The third-order valence-corrected chi connectivity index (χ3v) is 4.85. The van der Waals surface area contributed by atoms with E-state index in [9.17, 15) is 4.79 Å². The first-order chi connectivity index (χ1) is 11.4. The maximum absolute atomic E-state index is 12.4. The fourth-order valence-corrected chi connectivity index (χ4v) is 3.10. The van der Waals surface area contributed by atoms with Gasteiger partial charge < -0.3 is 14.7 Å². The molecule has 0 saturated heterocycles. The third-order valence-electron chi connectivity index (χ3n) is 3.95. The molecule has 0 saturated carbocycles. The van der Waals surface area contributed by atoms with Crippen LogP contribution in [0.5, 0.6) is 0 Å². The normalized spacial score (nSPS) is 12.0. The Balaban J connectivity index is 1.95. The smallest absolute Gasteiger partial charge is 0.317 e. The Hall–Kier alpha value is -1.95. The monoisotopic (exact) mass is 347 g/mol. The molecule has 0 bridgehead atoms. The van der Waals surface area contributed by atoms with E-state index in [-0.39, 0.29) is 12.1 Å². The lowest BCUT2D eigenvalue weighted by atomic mass is 10.1. The van der Waals surface area contributed by atoms with Crippen LogP contribution in [0.3, 0.4) is 0 Å². The second-order valence-corrected chi connectivity index (χ2v) is 7.17. The van der Waals surface area contributed by atoms with Crippen molar-refractivity contribution in [2.45, 2.75) is 45.2 Å². The fraction of sp³-hybridized carbons (Fsp3) is 0.444. The molecule has 130 valence electrons. The predicted molar refractivity (Wildman–Crippen MR) is 97.2 cm³/mol. The highest BCUT2D eigenvalue weighted by atomic mass is 32.2. The van der Waals surface area contributed by atoms with Gasteiger partial charge in [-0.2, -0.15) is 0 Å². The first-order valence-electron chi connectivity index (χ1n) is 8.08. The summed E-state index contributed by atoms with van der Waals surface area (Å²) in [7, 11) is 1.77. The van der Waals surface area contributed by atoms with Crippen LogP contribution in [0.2, 0.25) is 0 Å². The maximum atomic E-state index is 12.4. The van der Waals surface area contributed by atoms with E-state index >= 15 is 0 Å². The molecular formula is C18H25N3O2S. The van der Waals surface area contributed by atoms with Gasteiger partial charge in [-0.05, 0) is 44.2 Å². The Bertz CT molecular complexity index is 663. The summed E-state index contributed by atoms with van der Waals surface area (Å²) in [6.07, 6.45) is 0. The molecule has 1 N–H and O–H groups in total. The van der Waals surface area contributed by atoms with Gasteiger partial charge in [-0.1, -0.05) is 24.2 Å². The van der Waals surface area contributed by atoms with E-state index in [0.29, 0.717) is 6.54 Å². The molecule has 0 aliphatic heterocycles. The molecule has 0 aliphatic rings. The fourth-order valence-electron chi connectivity index (χ4n) is 2.43. The van der Waals surface area contributed by atoms with Gasteiger partial charge in [-0.25, -0.2) is 4.79 Å². The van der Waals surface area contributed by atoms with Crippen LogP contribution in [-0.4, -0.2) is 28.9 Å². The highest BCUT2D eigenvalue weighted by molar-refractivity contribution is 7.99. The number of carbonyl (C=O) groups is 1. The molecule has 1 unspecified atom stereocenters. The van der Waals surface area contributed by atoms with Crippen molar-refractivity contribution in [1.82, 2.24) is 15.4 Å². The number of benzene rings is 1. The molecule has 1 aromatic heterocycles. The average Bonchev–Trinajstić information content (AvgIpc) is 2.87. The molecule has 6 heteroatoms. The lowest BCUT2D eigenvalue weighted by molar-refractivity contribution is 0.203. The minimum atomic E-state index is -0.116. The minimum absolute atomic E-state index is 0.0507. The average molecular weight is 347 g/mol. The number of aryl methyl sites for hydroxylation is 2. The van der Waals surface area contributed by atoms with E-state index < -0.39 is 0 Å². The van der Waals surface area contributed by atoms with E-state index in [1.54, 1.807) is 11.9 Å². The van der Waals surface area contributed by atoms with Crippen molar-refractivity contribution >= 4 is 17.8 Å². The molecule has 0 fully saturated rings. The summed E-state index contributed by atoms with van der Waals surface area (Å²) < 4.78 is 5.15. The van der Waals surface area contributed by atoms with Crippen LogP contribution < -0.4 is 5.32 Å². The number of carbonyl (C=O) groups excluding carboxylic acids is 1. The number of aromatic nitrogens is 1. The summed E-state index contributed by atoms with van der Waals surface area (Å²) in [5.41, 5.74) is 2.87. The molecule has 0 spiro atoms. The first kappa shape index (κ1) is 18.4. The Morgan fingerprint density at radius 3 is 2.54 bits per heavy atom. The molecule has 1 aromatic carbocycles. The third kappa shape index (κ3) is 4.54. The van der Waals surface area contributed by atoms with Crippen LogP contribution in [0.15, 0.2) is 33.7 Å². The second-order valence-electron chi connectivity index (χ2n) is 5.83.